The molecule has 1 aliphatic carbocycles. The molecule has 174 valence electrons. The van der Waals surface area contributed by atoms with Gasteiger partial charge in [0.2, 0.25) is 5.91 Å². The van der Waals surface area contributed by atoms with Gasteiger partial charge < -0.3 is 14.6 Å². The minimum absolute atomic E-state index is 0.0915. The lowest BCUT2D eigenvalue weighted by molar-refractivity contribution is -0.127. The molecule has 0 radical (unpaired) electrons. The fraction of sp³-hybridized carbons (Fsp3) is 0.462. The van der Waals surface area contributed by atoms with Gasteiger partial charge in [0.15, 0.2) is 0 Å². The largest absolute Gasteiger partial charge is 0.494 e. The molecule has 0 spiro atoms. The van der Waals surface area contributed by atoms with Crippen molar-refractivity contribution in [1.29, 1.82) is 0 Å². The first-order valence-corrected chi connectivity index (χ1v) is 12.8. The summed E-state index contributed by atoms with van der Waals surface area (Å²) < 4.78 is 8.67. The molecule has 2 aliphatic rings. The van der Waals surface area contributed by atoms with Crippen molar-refractivity contribution in [3.05, 3.63) is 47.5 Å². The van der Waals surface area contributed by atoms with E-state index in [9.17, 15) is 9.59 Å². The summed E-state index contributed by atoms with van der Waals surface area (Å²) in [5, 5.41) is 5.36. The maximum Gasteiger partial charge on any atom is 0.275 e. The molecule has 2 aromatic heterocycles. The average molecular weight is 466 g/mol. The van der Waals surface area contributed by atoms with Gasteiger partial charge in [0.25, 0.3) is 5.91 Å². The number of amides is 2. The molecule has 1 aromatic carbocycles. The van der Waals surface area contributed by atoms with Crippen molar-refractivity contribution in [3.8, 4) is 5.75 Å². The zero-order chi connectivity index (χ0) is 23.2. The summed E-state index contributed by atoms with van der Waals surface area (Å²) in [7, 11) is 0. The maximum atomic E-state index is 13.9. The van der Waals surface area contributed by atoms with Crippen molar-refractivity contribution in [1.82, 2.24) is 9.88 Å². The second-order valence-electron chi connectivity index (χ2n) is 9.47. The molecule has 3 heterocycles. The van der Waals surface area contributed by atoms with Crippen LogP contribution in [0.1, 0.15) is 56.9 Å². The first-order valence-electron chi connectivity index (χ1n) is 11.9. The average Bonchev–Trinajstić information content (AvgIpc) is 3.39. The van der Waals surface area contributed by atoms with Crippen LogP contribution in [0.3, 0.4) is 0 Å². The van der Waals surface area contributed by atoms with Gasteiger partial charge in [-0.1, -0.05) is 19.8 Å². The van der Waals surface area contributed by atoms with E-state index >= 15 is 0 Å². The summed E-state index contributed by atoms with van der Waals surface area (Å²) in [6.45, 7) is 7.03. The predicted octanol–water partition coefficient (Wildman–Crippen LogP) is 5.22. The molecule has 2 amide bonds. The minimum Gasteiger partial charge on any atom is -0.494 e. The van der Waals surface area contributed by atoms with Crippen LogP contribution in [-0.2, 0) is 11.3 Å². The zero-order valence-corrected chi connectivity index (χ0v) is 20.3. The molecule has 1 N–H and O–H groups in total. The normalized spacial score (nSPS) is 25.2. The van der Waals surface area contributed by atoms with E-state index in [0.717, 1.165) is 35.2 Å². The summed E-state index contributed by atoms with van der Waals surface area (Å²) in [6.07, 6.45) is 4.46. The third-order valence-electron chi connectivity index (χ3n) is 7.23. The first-order chi connectivity index (χ1) is 15.9. The topological polar surface area (TPSA) is 63.6 Å². The monoisotopic (exact) mass is 465 g/mol. The van der Waals surface area contributed by atoms with Crippen LogP contribution in [0.25, 0.3) is 10.2 Å². The van der Waals surface area contributed by atoms with Gasteiger partial charge in [0, 0.05) is 11.7 Å². The SMILES string of the molecule is CCOc1ccc(N2C(=O)c3cc4sccc4n3C[C@]2(C)C(=O)N[C@@H]2CCCC[C@@H]2C)cc1. The van der Waals surface area contributed by atoms with E-state index in [1.165, 1.54) is 6.42 Å². The Kier molecular flexibility index (Phi) is 5.69. The van der Waals surface area contributed by atoms with E-state index in [1.807, 2.05) is 60.2 Å². The lowest BCUT2D eigenvalue weighted by Gasteiger charge is -2.45. The summed E-state index contributed by atoms with van der Waals surface area (Å²) in [4.78, 5) is 29.5. The van der Waals surface area contributed by atoms with Crippen molar-refractivity contribution in [2.75, 3.05) is 11.5 Å². The minimum atomic E-state index is -1.05. The smallest absolute Gasteiger partial charge is 0.275 e. The van der Waals surface area contributed by atoms with Gasteiger partial charge >= 0.3 is 0 Å². The Morgan fingerprint density at radius 1 is 1.21 bits per heavy atom. The lowest BCUT2D eigenvalue weighted by atomic mass is 9.85. The molecule has 33 heavy (non-hydrogen) atoms. The Hall–Kier alpha value is -2.80. The third kappa shape index (κ3) is 3.72. The summed E-state index contributed by atoms with van der Waals surface area (Å²) in [5.74, 6) is 0.946. The van der Waals surface area contributed by atoms with E-state index in [0.29, 0.717) is 30.5 Å². The van der Waals surface area contributed by atoms with Crippen molar-refractivity contribution >= 4 is 39.1 Å². The van der Waals surface area contributed by atoms with Gasteiger partial charge in [-0.15, -0.1) is 11.3 Å². The number of thiophene rings is 1. The van der Waals surface area contributed by atoms with Gasteiger partial charge in [-0.3, -0.25) is 14.5 Å². The van der Waals surface area contributed by atoms with Gasteiger partial charge in [-0.05, 0) is 74.4 Å². The molecule has 3 aromatic rings. The highest BCUT2D eigenvalue weighted by Crippen LogP contribution is 2.38. The molecular weight excluding hydrogens is 434 g/mol. The van der Waals surface area contributed by atoms with Crippen molar-refractivity contribution in [2.24, 2.45) is 5.92 Å². The van der Waals surface area contributed by atoms with Gasteiger partial charge in [-0.25, -0.2) is 0 Å². The molecule has 0 bridgehead atoms. The van der Waals surface area contributed by atoms with E-state index in [4.69, 9.17) is 4.74 Å². The van der Waals surface area contributed by atoms with Crippen LogP contribution < -0.4 is 15.0 Å². The molecular formula is C26H31N3O3S. The molecule has 7 heteroatoms. The van der Waals surface area contributed by atoms with Gasteiger partial charge in [0.1, 0.15) is 17.0 Å². The Labute approximate surface area is 198 Å². The quantitative estimate of drug-likeness (QED) is 0.562. The first kappa shape index (κ1) is 22.0. The molecule has 0 saturated heterocycles. The molecule has 6 nitrogen and oxygen atoms in total. The molecule has 0 unspecified atom stereocenters. The number of nitrogens with one attached hydrogen (secondary N) is 1. The number of rotatable bonds is 5. The number of hydrogen-bond acceptors (Lipinski definition) is 4. The van der Waals surface area contributed by atoms with Crippen molar-refractivity contribution < 1.29 is 14.3 Å². The Morgan fingerprint density at radius 3 is 2.70 bits per heavy atom. The van der Waals surface area contributed by atoms with Gasteiger partial charge in [0.05, 0.1) is 23.4 Å². The van der Waals surface area contributed by atoms with Gasteiger partial charge in [-0.2, -0.15) is 0 Å². The van der Waals surface area contributed by atoms with Crippen molar-refractivity contribution in [2.45, 2.75) is 64.6 Å². The Morgan fingerprint density at radius 2 is 1.97 bits per heavy atom. The Balaban J connectivity index is 1.56. The molecule has 1 fully saturated rings. The predicted molar refractivity (Wildman–Crippen MR) is 132 cm³/mol. The molecule has 5 rings (SSSR count). The highest BCUT2D eigenvalue weighted by atomic mass is 32.1. The van der Waals surface area contributed by atoms with E-state index in [1.54, 1.807) is 16.2 Å². The fourth-order valence-corrected chi connectivity index (χ4v) is 6.15. The van der Waals surface area contributed by atoms with E-state index < -0.39 is 5.54 Å². The van der Waals surface area contributed by atoms with Crippen LogP contribution in [0, 0.1) is 5.92 Å². The number of benzene rings is 1. The van der Waals surface area contributed by atoms with Crippen molar-refractivity contribution in [3.63, 3.8) is 0 Å². The summed E-state index contributed by atoms with van der Waals surface area (Å²) in [6, 6.07) is 11.6. The fourth-order valence-electron chi connectivity index (χ4n) is 5.33. The van der Waals surface area contributed by atoms with Crippen LogP contribution >= 0.6 is 11.3 Å². The van der Waals surface area contributed by atoms with Crippen LogP contribution in [0.15, 0.2) is 41.8 Å². The number of nitrogens with zero attached hydrogens (tertiary/aromatic N) is 2. The van der Waals surface area contributed by atoms with Crippen LogP contribution in [0.4, 0.5) is 5.69 Å². The number of hydrogen-bond donors (Lipinski definition) is 1. The second-order valence-corrected chi connectivity index (χ2v) is 10.4. The number of carbonyl (C=O) groups is 2. The number of ether oxygens (including phenoxy) is 1. The Bertz CT molecular complexity index is 1180. The van der Waals surface area contributed by atoms with Crippen LogP contribution in [0.5, 0.6) is 5.75 Å². The lowest BCUT2D eigenvalue weighted by Crippen LogP contribution is -2.65. The summed E-state index contributed by atoms with van der Waals surface area (Å²) in [5.41, 5.74) is 1.29. The molecule has 1 saturated carbocycles. The highest BCUT2D eigenvalue weighted by Gasteiger charge is 2.49. The highest BCUT2D eigenvalue weighted by molar-refractivity contribution is 7.17. The third-order valence-corrected chi connectivity index (χ3v) is 8.08. The standard InChI is InChI=1S/C26H31N3O3S/c1-4-32-19-11-9-18(10-12-19)29-24(30)22-15-23-21(13-14-33-23)28(22)16-26(29,3)25(31)27-20-8-6-5-7-17(20)2/h9-15,17,20H,4-8,16H2,1-3H3,(H,27,31)/t17-,20+,26+/m0/s1. The number of aromatic nitrogens is 1. The second kappa shape index (κ2) is 8.52. The number of fused-ring (bicyclic) bond motifs is 3. The number of anilines is 1. The van der Waals surface area contributed by atoms with E-state index in [-0.39, 0.29) is 17.9 Å². The number of carbonyl (C=O) groups excluding carboxylic acids is 2. The maximum absolute atomic E-state index is 13.9. The van der Waals surface area contributed by atoms with Crippen LogP contribution in [-0.4, -0.2) is 34.6 Å². The summed E-state index contributed by atoms with van der Waals surface area (Å²) >= 11 is 1.62. The molecule has 3 atom stereocenters. The van der Waals surface area contributed by atoms with E-state index in [2.05, 4.69) is 12.2 Å². The van der Waals surface area contributed by atoms with Crippen LogP contribution in [0.2, 0.25) is 0 Å². The zero-order valence-electron chi connectivity index (χ0n) is 19.5. The molecule has 1 aliphatic heterocycles.